The van der Waals surface area contributed by atoms with Gasteiger partial charge in [0.25, 0.3) is 11.5 Å². The van der Waals surface area contributed by atoms with Gasteiger partial charge in [-0.15, -0.1) is 0 Å². The van der Waals surface area contributed by atoms with Crippen molar-refractivity contribution in [1.29, 1.82) is 0 Å². The molecule has 2 heterocycles. The van der Waals surface area contributed by atoms with Gasteiger partial charge in [0.05, 0.1) is 11.0 Å². The van der Waals surface area contributed by atoms with Gasteiger partial charge in [-0.25, -0.2) is 4.98 Å². The van der Waals surface area contributed by atoms with Crippen LogP contribution in [0.2, 0.25) is 0 Å². The molecule has 0 unspecified atom stereocenters. The number of amides is 1. The van der Waals surface area contributed by atoms with Crippen molar-refractivity contribution < 1.29 is 4.79 Å². The minimum Gasteiger partial charge on any atom is -0.328 e. The van der Waals surface area contributed by atoms with Gasteiger partial charge in [-0.05, 0) is 44.5 Å². The summed E-state index contributed by atoms with van der Waals surface area (Å²) in [6.45, 7) is 7.50. The van der Waals surface area contributed by atoms with Crippen LogP contribution in [-0.2, 0) is 13.1 Å². The summed E-state index contributed by atoms with van der Waals surface area (Å²) in [6.07, 6.45) is 2.67. The Hall–Kier alpha value is -2.89. The molecule has 0 spiro atoms. The van der Waals surface area contributed by atoms with Crippen molar-refractivity contribution in [3.63, 3.8) is 0 Å². The first-order valence-corrected chi connectivity index (χ1v) is 8.52. The van der Waals surface area contributed by atoms with Crippen LogP contribution >= 0.6 is 0 Å². The van der Waals surface area contributed by atoms with Gasteiger partial charge in [0.2, 0.25) is 0 Å². The monoisotopic (exact) mass is 338 g/mol. The van der Waals surface area contributed by atoms with E-state index in [-0.39, 0.29) is 11.5 Å². The molecular weight excluding hydrogens is 316 g/mol. The van der Waals surface area contributed by atoms with Crippen LogP contribution in [0.5, 0.6) is 0 Å². The number of imidazole rings is 1. The molecule has 0 saturated carbocycles. The molecule has 130 valence electrons. The molecule has 1 amide bonds. The van der Waals surface area contributed by atoms with Crippen LogP contribution in [0.4, 0.5) is 5.69 Å². The number of carbonyl (C=O) groups is 1. The minimum absolute atomic E-state index is 0.181. The Morgan fingerprint density at radius 1 is 1.20 bits per heavy atom. The molecule has 3 aromatic rings. The Kier molecular flexibility index (Phi) is 4.70. The highest BCUT2D eigenvalue weighted by molar-refractivity contribution is 6.04. The summed E-state index contributed by atoms with van der Waals surface area (Å²) >= 11 is 0. The van der Waals surface area contributed by atoms with Crippen LogP contribution < -0.4 is 10.9 Å². The van der Waals surface area contributed by atoms with Crippen LogP contribution in [0, 0.1) is 6.92 Å². The van der Waals surface area contributed by atoms with Gasteiger partial charge < -0.3 is 14.5 Å². The predicted molar refractivity (Wildman–Crippen MR) is 99.1 cm³/mol. The summed E-state index contributed by atoms with van der Waals surface area (Å²) in [5.41, 5.74) is 2.74. The zero-order chi connectivity index (χ0) is 18.0. The van der Waals surface area contributed by atoms with Crippen molar-refractivity contribution in [3.8, 4) is 0 Å². The lowest BCUT2D eigenvalue weighted by atomic mass is 10.2. The van der Waals surface area contributed by atoms with Crippen LogP contribution in [-0.4, -0.2) is 20.0 Å². The Labute approximate surface area is 146 Å². The van der Waals surface area contributed by atoms with E-state index in [1.807, 2.05) is 32.0 Å². The first-order chi connectivity index (χ1) is 12.0. The Bertz CT molecular complexity index is 985. The molecule has 0 aliphatic rings. The maximum absolute atomic E-state index is 12.4. The number of benzene rings is 1. The fourth-order valence-corrected chi connectivity index (χ4v) is 2.95. The molecule has 25 heavy (non-hydrogen) atoms. The lowest BCUT2D eigenvalue weighted by molar-refractivity contribution is 0.102. The fourth-order valence-electron chi connectivity index (χ4n) is 2.95. The molecule has 0 saturated heterocycles. The van der Waals surface area contributed by atoms with E-state index in [2.05, 4.69) is 21.8 Å². The fraction of sp³-hybridized carbons (Fsp3) is 0.316. The molecule has 0 fully saturated rings. The standard InChI is InChI=1S/C19H22N4O2/c1-4-9-23-13(3)20-16-12-15(6-7-17(16)23)21-19(25)14-8-10-22(5-2)18(24)11-14/h6-8,10-12H,4-5,9H2,1-3H3,(H,21,25). The molecule has 0 aliphatic carbocycles. The van der Waals surface area contributed by atoms with Gasteiger partial charge in [-0.3, -0.25) is 9.59 Å². The first-order valence-electron chi connectivity index (χ1n) is 8.52. The number of nitrogens with one attached hydrogen (secondary N) is 1. The largest absolute Gasteiger partial charge is 0.328 e. The summed E-state index contributed by atoms with van der Waals surface area (Å²) in [5, 5.41) is 2.84. The Morgan fingerprint density at radius 2 is 2.00 bits per heavy atom. The van der Waals surface area contributed by atoms with E-state index in [1.165, 1.54) is 6.07 Å². The average molecular weight is 338 g/mol. The lowest BCUT2D eigenvalue weighted by Crippen LogP contribution is -2.21. The molecule has 3 rings (SSSR count). The number of fused-ring (bicyclic) bond motifs is 1. The van der Waals surface area contributed by atoms with Crippen molar-refractivity contribution in [2.45, 2.75) is 40.3 Å². The summed E-state index contributed by atoms with van der Waals surface area (Å²) in [6, 6.07) is 8.70. The van der Waals surface area contributed by atoms with Gasteiger partial charge in [-0.2, -0.15) is 0 Å². The highest BCUT2D eigenvalue weighted by Gasteiger charge is 2.11. The number of anilines is 1. The number of aromatic nitrogens is 3. The molecule has 1 aromatic carbocycles. The predicted octanol–water partition coefficient (Wildman–Crippen LogP) is 3.19. The number of hydrogen-bond acceptors (Lipinski definition) is 3. The van der Waals surface area contributed by atoms with Gasteiger partial charge in [0.15, 0.2) is 0 Å². The maximum Gasteiger partial charge on any atom is 0.255 e. The quantitative estimate of drug-likeness (QED) is 0.777. The van der Waals surface area contributed by atoms with Gasteiger partial charge in [0.1, 0.15) is 5.82 Å². The second-order valence-corrected chi connectivity index (χ2v) is 6.01. The molecule has 6 nitrogen and oxygen atoms in total. The number of hydrogen-bond donors (Lipinski definition) is 1. The Balaban J connectivity index is 1.86. The zero-order valence-electron chi connectivity index (χ0n) is 14.7. The molecular formula is C19H22N4O2. The van der Waals surface area contributed by atoms with Crippen molar-refractivity contribution in [2.24, 2.45) is 0 Å². The summed E-state index contributed by atoms with van der Waals surface area (Å²) < 4.78 is 3.72. The second kappa shape index (κ2) is 6.93. The summed E-state index contributed by atoms with van der Waals surface area (Å²) in [5.74, 6) is 0.660. The highest BCUT2D eigenvalue weighted by atomic mass is 16.2. The highest BCUT2D eigenvalue weighted by Crippen LogP contribution is 2.21. The summed E-state index contributed by atoms with van der Waals surface area (Å²) in [4.78, 5) is 28.8. The van der Waals surface area contributed by atoms with E-state index in [0.29, 0.717) is 17.8 Å². The van der Waals surface area contributed by atoms with E-state index in [9.17, 15) is 9.59 Å². The lowest BCUT2D eigenvalue weighted by Gasteiger charge is -2.07. The number of carbonyl (C=O) groups excluding carboxylic acids is 1. The van der Waals surface area contributed by atoms with Crippen LogP contribution in [0.25, 0.3) is 11.0 Å². The van der Waals surface area contributed by atoms with Gasteiger partial charge in [0, 0.05) is 36.6 Å². The van der Waals surface area contributed by atoms with Gasteiger partial charge in [-0.1, -0.05) is 6.92 Å². The van der Waals surface area contributed by atoms with Crippen LogP contribution in [0.3, 0.4) is 0 Å². The van der Waals surface area contributed by atoms with E-state index < -0.39 is 0 Å². The molecule has 6 heteroatoms. The van der Waals surface area contributed by atoms with Crippen molar-refractivity contribution in [2.75, 3.05) is 5.32 Å². The molecule has 2 aromatic heterocycles. The molecule has 0 radical (unpaired) electrons. The van der Waals surface area contributed by atoms with Crippen LogP contribution in [0.15, 0.2) is 41.3 Å². The maximum atomic E-state index is 12.4. The Morgan fingerprint density at radius 3 is 2.68 bits per heavy atom. The van der Waals surface area contributed by atoms with E-state index in [1.54, 1.807) is 16.8 Å². The molecule has 0 aliphatic heterocycles. The third-order valence-electron chi connectivity index (χ3n) is 4.24. The minimum atomic E-state index is -0.301. The third-order valence-corrected chi connectivity index (χ3v) is 4.24. The molecule has 0 atom stereocenters. The number of pyridine rings is 1. The number of nitrogens with zero attached hydrogens (tertiary/aromatic N) is 3. The van der Waals surface area contributed by atoms with Crippen LogP contribution in [0.1, 0.15) is 36.5 Å². The van der Waals surface area contributed by atoms with Crippen molar-refractivity contribution >= 4 is 22.6 Å². The van der Waals surface area contributed by atoms with E-state index in [0.717, 1.165) is 29.8 Å². The number of aryl methyl sites for hydroxylation is 3. The normalized spacial score (nSPS) is 11.0. The van der Waals surface area contributed by atoms with Gasteiger partial charge >= 0.3 is 0 Å². The zero-order valence-corrected chi connectivity index (χ0v) is 14.7. The van der Waals surface area contributed by atoms with Crippen molar-refractivity contribution in [3.05, 3.63) is 58.3 Å². The number of rotatable bonds is 5. The second-order valence-electron chi connectivity index (χ2n) is 6.01. The SMILES string of the molecule is CCCn1c(C)nc2cc(NC(=O)c3ccn(CC)c(=O)c3)ccc21. The van der Waals surface area contributed by atoms with E-state index >= 15 is 0 Å². The average Bonchev–Trinajstić information content (AvgIpc) is 2.90. The topological polar surface area (TPSA) is 68.9 Å². The smallest absolute Gasteiger partial charge is 0.255 e. The molecule has 0 bridgehead atoms. The molecule has 1 N–H and O–H groups in total. The van der Waals surface area contributed by atoms with E-state index in [4.69, 9.17) is 0 Å². The first kappa shape index (κ1) is 17.0. The third kappa shape index (κ3) is 3.33. The van der Waals surface area contributed by atoms with Crippen molar-refractivity contribution in [1.82, 2.24) is 14.1 Å². The summed E-state index contributed by atoms with van der Waals surface area (Å²) in [7, 11) is 0.